The zero-order valence-corrected chi connectivity index (χ0v) is 8.94. The summed E-state index contributed by atoms with van der Waals surface area (Å²) >= 11 is 0. The number of carbonyl (C=O) groups is 1. The van der Waals surface area contributed by atoms with E-state index in [1.54, 1.807) is 0 Å². The molecule has 2 heterocycles. The second-order valence-electron chi connectivity index (χ2n) is 4.79. The van der Waals surface area contributed by atoms with Crippen LogP contribution in [0.2, 0.25) is 0 Å². The maximum atomic E-state index is 12.0. The number of aliphatic hydroxyl groups is 1. The number of aliphatic hydroxyl groups excluding tert-OH is 1. The molecule has 2 fully saturated rings. The molecule has 3 nitrogen and oxygen atoms in total. The predicted octanol–water partition coefficient (Wildman–Crippen LogP) is 1.01. The number of hydrogen-bond donors (Lipinski definition) is 1. The number of amides is 1. The van der Waals surface area contributed by atoms with Crippen molar-refractivity contribution in [3.63, 3.8) is 0 Å². The van der Waals surface area contributed by atoms with Gasteiger partial charge in [0.2, 0.25) is 5.91 Å². The summed E-state index contributed by atoms with van der Waals surface area (Å²) in [6.45, 7) is 4.24. The first-order valence-corrected chi connectivity index (χ1v) is 5.58. The molecular weight excluding hydrogens is 178 g/mol. The number of carbonyl (C=O) groups excluding carboxylic acids is 1. The highest BCUT2D eigenvalue weighted by molar-refractivity contribution is 5.80. The van der Waals surface area contributed by atoms with E-state index in [0.29, 0.717) is 12.1 Å². The van der Waals surface area contributed by atoms with Gasteiger partial charge in [-0.3, -0.25) is 4.79 Å². The van der Waals surface area contributed by atoms with Crippen molar-refractivity contribution in [3.8, 4) is 0 Å². The highest BCUT2D eigenvalue weighted by Gasteiger charge is 2.43. The third-order valence-corrected chi connectivity index (χ3v) is 3.95. The third-order valence-electron chi connectivity index (χ3n) is 3.95. The van der Waals surface area contributed by atoms with Gasteiger partial charge in [0.15, 0.2) is 0 Å². The molecule has 2 rings (SSSR count). The largest absolute Gasteiger partial charge is 0.396 e. The summed E-state index contributed by atoms with van der Waals surface area (Å²) < 4.78 is 0. The van der Waals surface area contributed by atoms with Gasteiger partial charge in [-0.25, -0.2) is 0 Å². The van der Waals surface area contributed by atoms with Crippen LogP contribution in [0.3, 0.4) is 0 Å². The van der Waals surface area contributed by atoms with Crippen LogP contribution in [0.4, 0.5) is 0 Å². The second-order valence-corrected chi connectivity index (χ2v) is 4.79. The van der Waals surface area contributed by atoms with Crippen LogP contribution in [-0.4, -0.2) is 34.6 Å². The maximum absolute atomic E-state index is 12.0. The van der Waals surface area contributed by atoms with Crippen LogP contribution in [0, 0.1) is 11.8 Å². The summed E-state index contributed by atoms with van der Waals surface area (Å²) in [5.41, 5.74) is 0. The molecule has 0 aromatic rings. The summed E-state index contributed by atoms with van der Waals surface area (Å²) in [4.78, 5) is 14.1. The van der Waals surface area contributed by atoms with Gasteiger partial charge in [0.25, 0.3) is 0 Å². The lowest BCUT2D eigenvalue weighted by atomic mass is 9.83. The first kappa shape index (κ1) is 9.97. The van der Waals surface area contributed by atoms with E-state index >= 15 is 0 Å². The molecule has 0 radical (unpaired) electrons. The van der Waals surface area contributed by atoms with Crippen LogP contribution in [0.15, 0.2) is 0 Å². The lowest BCUT2D eigenvalue weighted by Gasteiger charge is -2.40. The Morgan fingerprint density at radius 2 is 2.14 bits per heavy atom. The fourth-order valence-electron chi connectivity index (χ4n) is 2.92. The fraction of sp³-hybridized carbons (Fsp3) is 0.909. The number of rotatable bonds is 1. The fourth-order valence-corrected chi connectivity index (χ4v) is 2.92. The highest BCUT2D eigenvalue weighted by atomic mass is 16.3. The molecule has 4 atom stereocenters. The standard InChI is InChI=1S/C11H19NO2/c1-7-3-4-10-5-9(6-13)8(2)11(14)12(7)10/h7-10,13H,3-6H2,1-2H3/t7-,8?,9+,10?/m1/s1. The first-order chi connectivity index (χ1) is 6.65. The number of nitrogens with zero attached hydrogens (tertiary/aromatic N) is 1. The molecule has 2 aliphatic rings. The monoisotopic (exact) mass is 197 g/mol. The van der Waals surface area contributed by atoms with Crippen LogP contribution in [0.5, 0.6) is 0 Å². The van der Waals surface area contributed by atoms with E-state index < -0.39 is 0 Å². The van der Waals surface area contributed by atoms with E-state index in [0.717, 1.165) is 19.3 Å². The van der Waals surface area contributed by atoms with E-state index in [9.17, 15) is 9.90 Å². The molecule has 0 saturated carbocycles. The van der Waals surface area contributed by atoms with E-state index in [1.165, 1.54) is 0 Å². The van der Waals surface area contributed by atoms with Crippen molar-refractivity contribution in [3.05, 3.63) is 0 Å². The molecule has 2 aliphatic heterocycles. The highest BCUT2D eigenvalue weighted by Crippen LogP contribution is 2.37. The zero-order valence-electron chi connectivity index (χ0n) is 8.94. The SMILES string of the molecule is CC1C(=O)N2C(CC[C@H]2C)C[C@H]1CO. The molecule has 0 aromatic heterocycles. The minimum Gasteiger partial charge on any atom is -0.396 e. The smallest absolute Gasteiger partial charge is 0.226 e. The predicted molar refractivity (Wildman–Crippen MR) is 53.7 cm³/mol. The minimum absolute atomic E-state index is 0.0109. The lowest BCUT2D eigenvalue weighted by Crippen LogP contribution is -2.50. The van der Waals surface area contributed by atoms with Crippen LogP contribution >= 0.6 is 0 Å². The summed E-state index contributed by atoms with van der Waals surface area (Å²) in [6, 6.07) is 0.820. The summed E-state index contributed by atoms with van der Waals surface area (Å²) in [5.74, 6) is 0.455. The van der Waals surface area contributed by atoms with Crippen molar-refractivity contribution in [1.82, 2.24) is 4.90 Å². The molecule has 2 unspecified atom stereocenters. The van der Waals surface area contributed by atoms with Gasteiger partial charge in [-0.05, 0) is 32.1 Å². The van der Waals surface area contributed by atoms with Crippen molar-refractivity contribution < 1.29 is 9.90 Å². The van der Waals surface area contributed by atoms with Crippen molar-refractivity contribution in [2.24, 2.45) is 11.8 Å². The summed E-state index contributed by atoms with van der Waals surface area (Å²) in [6.07, 6.45) is 3.24. The topological polar surface area (TPSA) is 40.5 Å². The number of fused-ring (bicyclic) bond motifs is 1. The molecular formula is C11H19NO2. The van der Waals surface area contributed by atoms with Gasteiger partial charge >= 0.3 is 0 Å². The van der Waals surface area contributed by atoms with Crippen molar-refractivity contribution >= 4 is 5.91 Å². The van der Waals surface area contributed by atoms with E-state index in [2.05, 4.69) is 11.8 Å². The average Bonchev–Trinajstić information content (AvgIpc) is 2.54. The number of piperidine rings is 1. The minimum atomic E-state index is 0.0109. The van der Waals surface area contributed by atoms with Crippen LogP contribution < -0.4 is 0 Å². The van der Waals surface area contributed by atoms with Crippen LogP contribution in [0.1, 0.15) is 33.1 Å². The van der Waals surface area contributed by atoms with Gasteiger partial charge in [-0.1, -0.05) is 6.92 Å². The van der Waals surface area contributed by atoms with Gasteiger partial charge in [0, 0.05) is 24.6 Å². The quantitative estimate of drug-likeness (QED) is 0.681. The van der Waals surface area contributed by atoms with E-state index in [4.69, 9.17) is 0 Å². The average molecular weight is 197 g/mol. The van der Waals surface area contributed by atoms with Crippen molar-refractivity contribution in [2.75, 3.05) is 6.61 Å². The van der Waals surface area contributed by atoms with E-state index in [-0.39, 0.29) is 24.3 Å². The van der Waals surface area contributed by atoms with Gasteiger partial charge < -0.3 is 10.0 Å². The molecule has 80 valence electrons. The third kappa shape index (κ3) is 1.34. The van der Waals surface area contributed by atoms with Crippen LogP contribution in [0.25, 0.3) is 0 Å². The van der Waals surface area contributed by atoms with Gasteiger partial charge in [0.05, 0.1) is 0 Å². The second kappa shape index (κ2) is 3.54. The molecule has 0 bridgehead atoms. The first-order valence-electron chi connectivity index (χ1n) is 5.58. The molecule has 0 aromatic carbocycles. The Morgan fingerprint density at radius 3 is 2.79 bits per heavy atom. The molecule has 1 N–H and O–H groups in total. The van der Waals surface area contributed by atoms with Crippen LogP contribution in [-0.2, 0) is 4.79 Å². The molecule has 0 spiro atoms. The van der Waals surface area contributed by atoms with Crippen molar-refractivity contribution in [2.45, 2.75) is 45.2 Å². The Labute approximate surface area is 85.1 Å². The summed E-state index contributed by atoms with van der Waals surface area (Å²) in [7, 11) is 0. The van der Waals surface area contributed by atoms with E-state index in [1.807, 2.05) is 6.92 Å². The molecule has 0 aliphatic carbocycles. The molecule has 1 amide bonds. The Balaban J connectivity index is 2.17. The summed E-state index contributed by atoms with van der Waals surface area (Å²) in [5, 5.41) is 9.19. The van der Waals surface area contributed by atoms with Gasteiger partial charge in [0.1, 0.15) is 0 Å². The Bertz CT molecular complexity index is 241. The zero-order chi connectivity index (χ0) is 10.3. The molecule has 3 heteroatoms. The maximum Gasteiger partial charge on any atom is 0.226 e. The van der Waals surface area contributed by atoms with Gasteiger partial charge in [-0.15, -0.1) is 0 Å². The van der Waals surface area contributed by atoms with Crippen molar-refractivity contribution in [1.29, 1.82) is 0 Å². The Morgan fingerprint density at radius 1 is 1.43 bits per heavy atom. The lowest BCUT2D eigenvalue weighted by molar-refractivity contribution is -0.145. The molecule has 14 heavy (non-hydrogen) atoms. The normalized spacial score (nSPS) is 42.8. The number of hydrogen-bond acceptors (Lipinski definition) is 2. The molecule has 2 saturated heterocycles. The Kier molecular flexibility index (Phi) is 2.52. The Hall–Kier alpha value is -0.570. The van der Waals surface area contributed by atoms with Gasteiger partial charge in [-0.2, -0.15) is 0 Å².